The number of rotatable bonds is 2. The zero-order valence-electron chi connectivity index (χ0n) is 6.05. The van der Waals surface area contributed by atoms with Gasteiger partial charge in [0, 0.05) is 11.8 Å². The van der Waals surface area contributed by atoms with E-state index in [0.717, 1.165) is 0 Å². The third-order valence-corrected chi connectivity index (χ3v) is 1.95. The Bertz CT molecular complexity index is 336. The summed E-state index contributed by atoms with van der Waals surface area (Å²) in [6.45, 7) is 3.34. The molecule has 0 aromatic carbocycles. The maximum Gasteiger partial charge on any atom is 0.186 e. The molecular weight excluding hydrogens is 197 g/mol. The first-order valence-electron chi connectivity index (χ1n) is 3.13. The molecule has 1 rings (SSSR count). The molecule has 0 spiro atoms. The van der Waals surface area contributed by atoms with Gasteiger partial charge in [-0.1, -0.05) is 29.8 Å². The highest BCUT2D eigenvalue weighted by molar-refractivity contribution is 6.41. The molecule has 12 heavy (non-hydrogen) atoms. The summed E-state index contributed by atoms with van der Waals surface area (Å²) in [5, 5.41) is 0.460. The van der Waals surface area contributed by atoms with Crippen LogP contribution in [0.4, 0.5) is 0 Å². The topological polar surface area (TPSA) is 30.0 Å². The molecule has 0 saturated heterocycles. The van der Waals surface area contributed by atoms with Crippen LogP contribution in [0.3, 0.4) is 0 Å². The van der Waals surface area contributed by atoms with Crippen LogP contribution >= 0.6 is 23.2 Å². The molecule has 1 aromatic heterocycles. The molecule has 0 aliphatic carbocycles. The van der Waals surface area contributed by atoms with Crippen molar-refractivity contribution in [3.63, 3.8) is 0 Å². The minimum absolute atomic E-state index is 0.192. The van der Waals surface area contributed by atoms with Gasteiger partial charge in [-0.05, 0) is 12.1 Å². The SMILES string of the molecule is C=CC(=O)c1cnc(Cl)c(Cl)c1. The van der Waals surface area contributed by atoms with E-state index >= 15 is 0 Å². The van der Waals surface area contributed by atoms with E-state index in [1.807, 2.05) is 0 Å². The first kappa shape index (κ1) is 9.23. The van der Waals surface area contributed by atoms with Crippen LogP contribution in [0.1, 0.15) is 10.4 Å². The lowest BCUT2D eigenvalue weighted by Crippen LogP contribution is -1.94. The van der Waals surface area contributed by atoms with E-state index in [0.29, 0.717) is 5.56 Å². The highest BCUT2D eigenvalue weighted by Crippen LogP contribution is 2.19. The normalized spacial score (nSPS) is 9.50. The van der Waals surface area contributed by atoms with Crippen molar-refractivity contribution in [3.05, 3.63) is 40.7 Å². The van der Waals surface area contributed by atoms with Gasteiger partial charge in [0.05, 0.1) is 5.02 Å². The fraction of sp³-hybridized carbons (Fsp3) is 0. The molecule has 0 fully saturated rings. The monoisotopic (exact) mass is 201 g/mol. The lowest BCUT2D eigenvalue weighted by atomic mass is 10.2. The Morgan fingerprint density at radius 3 is 2.75 bits per heavy atom. The molecule has 0 atom stereocenters. The average molecular weight is 202 g/mol. The molecule has 0 amide bonds. The van der Waals surface area contributed by atoms with Crippen molar-refractivity contribution in [1.29, 1.82) is 0 Å². The number of pyridine rings is 1. The Kier molecular flexibility index (Phi) is 2.84. The minimum Gasteiger partial charge on any atom is -0.289 e. The van der Waals surface area contributed by atoms with Gasteiger partial charge in [0.1, 0.15) is 5.15 Å². The van der Waals surface area contributed by atoms with E-state index in [4.69, 9.17) is 23.2 Å². The second kappa shape index (κ2) is 3.70. The van der Waals surface area contributed by atoms with Crippen LogP contribution in [0.15, 0.2) is 24.9 Å². The Morgan fingerprint density at radius 1 is 1.58 bits per heavy atom. The molecule has 0 bridgehead atoms. The highest BCUT2D eigenvalue weighted by atomic mass is 35.5. The zero-order chi connectivity index (χ0) is 9.14. The molecule has 1 heterocycles. The van der Waals surface area contributed by atoms with Crippen LogP contribution in [0.2, 0.25) is 10.2 Å². The third-order valence-electron chi connectivity index (χ3n) is 1.27. The summed E-state index contributed by atoms with van der Waals surface area (Å²) in [5.41, 5.74) is 0.388. The Labute approximate surface area is 79.8 Å². The van der Waals surface area contributed by atoms with Crippen LogP contribution in [-0.4, -0.2) is 10.8 Å². The fourth-order valence-electron chi connectivity index (χ4n) is 0.674. The molecular formula is C8H5Cl2NO. The summed E-state index contributed by atoms with van der Waals surface area (Å²) in [6.07, 6.45) is 2.56. The van der Waals surface area contributed by atoms with E-state index < -0.39 is 0 Å². The fourth-order valence-corrected chi connectivity index (χ4v) is 0.944. The number of nitrogens with zero attached hydrogens (tertiary/aromatic N) is 1. The van der Waals surface area contributed by atoms with Crippen LogP contribution < -0.4 is 0 Å². The van der Waals surface area contributed by atoms with Crippen molar-refractivity contribution in [2.45, 2.75) is 0 Å². The average Bonchev–Trinajstić information content (AvgIpc) is 2.08. The first-order valence-corrected chi connectivity index (χ1v) is 3.88. The van der Waals surface area contributed by atoms with Crippen LogP contribution in [0.5, 0.6) is 0 Å². The third kappa shape index (κ3) is 1.84. The van der Waals surface area contributed by atoms with Gasteiger partial charge >= 0.3 is 0 Å². The number of hydrogen-bond acceptors (Lipinski definition) is 2. The van der Waals surface area contributed by atoms with Gasteiger partial charge in [-0.3, -0.25) is 4.79 Å². The summed E-state index contributed by atoms with van der Waals surface area (Å²) in [6, 6.07) is 1.46. The zero-order valence-corrected chi connectivity index (χ0v) is 7.56. The van der Waals surface area contributed by atoms with Crippen LogP contribution in [0.25, 0.3) is 0 Å². The predicted molar refractivity (Wildman–Crippen MR) is 48.8 cm³/mol. The second-order valence-electron chi connectivity index (χ2n) is 2.07. The summed E-state index contributed by atoms with van der Waals surface area (Å²) in [7, 11) is 0. The van der Waals surface area contributed by atoms with Crippen molar-refractivity contribution < 1.29 is 4.79 Å². The predicted octanol–water partition coefficient (Wildman–Crippen LogP) is 2.76. The van der Waals surface area contributed by atoms with Crippen molar-refractivity contribution in [2.75, 3.05) is 0 Å². The lowest BCUT2D eigenvalue weighted by molar-refractivity contribution is 0.104. The molecule has 4 heteroatoms. The molecule has 0 unspecified atom stereocenters. The smallest absolute Gasteiger partial charge is 0.186 e. The Balaban J connectivity index is 3.13. The molecule has 0 saturated carbocycles. The molecule has 0 radical (unpaired) electrons. The van der Waals surface area contributed by atoms with Crippen molar-refractivity contribution in [2.24, 2.45) is 0 Å². The molecule has 1 aromatic rings. The van der Waals surface area contributed by atoms with Crippen LogP contribution in [0, 0.1) is 0 Å². The molecule has 0 aliphatic heterocycles. The number of aromatic nitrogens is 1. The molecule has 0 aliphatic rings. The maximum absolute atomic E-state index is 11.0. The summed E-state index contributed by atoms with van der Waals surface area (Å²) in [4.78, 5) is 14.7. The van der Waals surface area contributed by atoms with Gasteiger partial charge in [-0.15, -0.1) is 0 Å². The number of hydrogen-bond donors (Lipinski definition) is 0. The largest absolute Gasteiger partial charge is 0.289 e. The summed E-state index contributed by atoms with van der Waals surface area (Å²) < 4.78 is 0. The van der Waals surface area contributed by atoms with E-state index in [1.165, 1.54) is 18.3 Å². The second-order valence-corrected chi connectivity index (χ2v) is 2.83. The minimum atomic E-state index is -0.221. The van der Waals surface area contributed by atoms with E-state index in [-0.39, 0.29) is 16.0 Å². The van der Waals surface area contributed by atoms with E-state index in [2.05, 4.69) is 11.6 Å². The van der Waals surface area contributed by atoms with Gasteiger partial charge in [-0.2, -0.15) is 0 Å². The molecule has 2 nitrogen and oxygen atoms in total. The summed E-state index contributed by atoms with van der Waals surface area (Å²) >= 11 is 11.2. The standard InChI is InChI=1S/C8H5Cl2NO/c1-2-7(12)5-3-6(9)8(10)11-4-5/h2-4H,1H2. The van der Waals surface area contributed by atoms with Crippen LogP contribution in [-0.2, 0) is 0 Å². The van der Waals surface area contributed by atoms with Crippen molar-refractivity contribution in [1.82, 2.24) is 4.98 Å². The molecule has 0 N–H and O–H groups in total. The Morgan fingerprint density at radius 2 is 2.25 bits per heavy atom. The van der Waals surface area contributed by atoms with Crippen molar-refractivity contribution >= 4 is 29.0 Å². The Hall–Kier alpha value is -0.860. The lowest BCUT2D eigenvalue weighted by Gasteiger charge is -1.96. The first-order chi connectivity index (χ1) is 5.65. The number of carbonyl (C=O) groups excluding carboxylic acids is 1. The van der Waals surface area contributed by atoms with Gasteiger partial charge in [0.25, 0.3) is 0 Å². The van der Waals surface area contributed by atoms with E-state index in [9.17, 15) is 4.79 Å². The molecule has 62 valence electrons. The van der Waals surface area contributed by atoms with Gasteiger partial charge < -0.3 is 0 Å². The number of carbonyl (C=O) groups is 1. The highest BCUT2D eigenvalue weighted by Gasteiger charge is 2.04. The quantitative estimate of drug-likeness (QED) is 0.419. The van der Waals surface area contributed by atoms with Crippen molar-refractivity contribution in [3.8, 4) is 0 Å². The van der Waals surface area contributed by atoms with Gasteiger partial charge in [0.15, 0.2) is 5.78 Å². The number of allylic oxidation sites excluding steroid dienone is 1. The van der Waals surface area contributed by atoms with Gasteiger partial charge in [-0.25, -0.2) is 4.98 Å². The maximum atomic E-state index is 11.0. The van der Waals surface area contributed by atoms with E-state index in [1.54, 1.807) is 0 Å². The summed E-state index contributed by atoms with van der Waals surface area (Å²) in [5.74, 6) is -0.221. The number of halogens is 2. The van der Waals surface area contributed by atoms with Gasteiger partial charge in [0.2, 0.25) is 0 Å². The number of ketones is 1.